The molecule has 25 heavy (non-hydrogen) atoms. The number of hydrogen-bond acceptors (Lipinski definition) is 5. The summed E-state index contributed by atoms with van der Waals surface area (Å²) in [6.07, 6.45) is 2.27. The average Bonchev–Trinajstić information content (AvgIpc) is 3.05. The molecule has 2 aromatic rings. The van der Waals surface area contributed by atoms with Crippen molar-refractivity contribution in [3.8, 4) is 0 Å². The van der Waals surface area contributed by atoms with Gasteiger partial charge in [0.25, 0.3) is 5.91 Å². The molecule has 1 aliphatic heterocycles. The number of nitrogens with zero attached hydrogens (tertiary/aromatic N) is 3. The van der Waals surface area contributed by atoms with Gasteiger partial charge >= 0.3 is 0 Å². The van der Waals surface area contributed by atoms with Crippen LogP contribution in [0.2, 0.25) is 0 Å². The van der Waals surface area contributed by atoms with E-state index in [0.717, 1.165) is 37.2 Å². The van der Waals surface area contributed by atoms with Gasteiger partial charge in [-0.05, 0) is 31.2 Å². The smallest absolute Gasteiger partial charge is 0.256 e. The Morgan fingerprint density at radius 3 is 2.88 bits per heavy atom. The highest BCUT2D eigenvalue weighted by Crippen LogP contribution is 2.25. The molecule has 0 radical (unpaired) electrons. The lowest BCUT2D eigenvalue weighted by Gasteiger charge is -2.34. The molecule has 0 unspecified atom stereocenters. The molecule has 2 heterocycles. The predicted molar refractivity (Wildman–Crippen MR) is 92.9 cm³/mol. The molecule has 0 aliphatic carbocycles. The Labute approximate surface area is 148 Å². The van der Waals surface area contributed by atoms with Crippen molar-refractivity contribution in [1.29, 1.82) is 0 Å². The van der Waals surface area contributed by atoms with Crippen LogP contribution in [0.15, 0.2) is 34.9 Å². The lowest BCUT2D eigenvalue weighted by Crippen LogP contribution is -2.43. The number of hydrogen-bond donors (Lipinski definition) is 0. The highest BCUT2D eigenvalue weighted by Gasteiger charge is 2.30. The topological polar surface area (TPSA) is 68.5 Å². The van der Waals surface area contributed by atoms with Crippen molar-refractivity contribution in [2.24, 2.45) is 5.92 Å². The molecule has 6 heteroatoms. The van der Waals surface area contributed by atoms with Gasteiger partial charge in [0.2, 0.25) is 5.89 Å². The average molecular weight is 343 g/mol. The minimum Gasteiger partial charge on any atom is -0.364 e. The number of benzene rings is 1. The number of amides is 1. The van der Waals surface area contributed by atoms with E-state index in [2.05, 4.69) is 10.1 Å². The number of rotatable bonds is 6. The van der Waals surface area contributed by atoms with Gasteiger partial charge in [-0.3, -0.25) is 4.79 Å². The first kappa shape index (κ1) is 17.6. The number of ether oxygens (including phenoxy) is 1. The van der Waals surface area contributed by atoms with Gasteiger partial charge in [-0.2, -0.15) is 4.98 Å². The number of piperidine rings is 1. The third kappa shape index (κ3) is 4.45. The van der Waals surface area contributed by atoms with E-state index in [0.29, 0.717) is 25.0 Å². The number of aryl methyl sites for hydroxylation is 1. The van der Waals surface area contributed by atoms with Crippen LogP contribution in [0.4, 0.5) is 0 Å². The van der Waals surface area contributed by atoms with Crippen molar-refractivity contribution in [1.82, 2.24) is 15.0 Å². The number of carbonyl (C=O) groups excluding carboxylic acids is 1. The molecular formula is C19H25N3O3. The summed E-state index contributed by atoms with van der Waals surface area (Å²) in [6, 6.07) is 9.71. The van der Waals surface area contributed by atoms with Gasteiger partial charge in [0, 0.05) is 33.0 Å². The second kappa shape index (κ2) is 8.25. The highest BCUT2D eigenvalue weighted by atomic mass is 16.5. The molecule has 0 N–H and O–H groups in total. The fraction of sp³-hybridized carbons (Fsp3) is 0.526. The molecule has 3 rings (SSSR count). The molecule has 134 valence electrons. The zero-order valence-electron chi connectivity index (χ0n) is 14.9. The Morgan fingerprint density at radius 2 is 2.20 bits per heavy atom. The van der Waals surface area contributed by atoms with Gasteiger partial charge in [-0.1, -0.05) is 35.5 Å². The lowest BCUT2D eigenvalue weighted by molar-refractivity contribution is -0.146. The minimum atomic E-state index is -0.530. The van der Waals surface area contributed by atoms with Crippen molar-refractivity contribution < 1.29 is 14.1 Å². The van der Waals surface area contributed by atoms with Crippen molar-refractivity contribution in [3.05, 3.63) is 47.6 Å². The number of likely N-dealkylation sites (tertiary alicyclic amines) is 1. The van der Waals surface area contributed by atoms with Crippen molar-refractivity contribution in [2.45, 2.75) is 39.2 Å². The van der Waals surface area contributed by atoms with E-state index >= 15 is 0 Å². The molecule has 2 atom stereocenters. The Kier molecular flexibility index (Phi) is 5.81. The molecule has 0 spiro atoms. The van der Waals surface area contributed by atoms with E-state index in [9.17, 15) is 4.79 Å². The molecule has 0 bridgehead atoms. The van der Waals surface area contributed by atoms with E-state index in [1.165, 1.54) is 0 Å². The molecule has 1 amide bonds. The van der Waals surface area contributed by atoms with Gasteiger partial charge in [-0.25, -0.2) is 0 Å². The molecule has 1 aromatic heterocycles. The first-order valence-electron chi connectivity index (χ1n) is 8.92. The standard InChI is InChI=1S/C19H25N3O3/c1-3-24-18(16-9-5-4-6-10-16)19(23)22-11-7-8-15(13-22)12-17-20-14(2)25-21-17/h4-6,9-10,15,18H,3,7-8,11-13H2,1-2H3/t15-,18+/m1/s1. The summed E-state index contributed by atoms with van der Waals surface area (Å²) in [5.41, 5.74) is 0.908. The second-order valence-corrected chi connectivity index (χ2v) is 6.47. The summed E-state index contributed by atoms with van der Waals surface area (Å²) >= 11 is 0. The quantitative estimate of drug-likeness (QED) is 0.807. The number of carbonyl (C=O) groups is 1. The van der Waals surface area contributed by atoms with Gasteiger partial charge < -0.3 is 14.2 Å². The van der Waals surface area contributed by atoms with E-state index in [1.54, 1.807) is 6.92 Å². The van der Waals surface area contributed by atoms with Crippen LogP contribution in [-0.4, -0.2) is 40.6 Å². The molecular weight excluding hydrogens is 318 g/mol. The maximum absolute atomic E-state index is 13.0. The molecule has 1 aromatic carbocycles. The van der Waals surface area contributed by atoms with Gasteiger partial charge in [-0.15, -0.1) is 0 Å². The molecule has 1 saturated heterocycles. The zero-order valence-corrected chi connectivity index (χ0v) is 14.9. The molecule has 0 saturated carbocycles. The number of aromatic nitrogens is 2. The van der Waals surface area contributed by atoms with E-state index in [1.807, 2.05) is 42.2 Å². The SMILES string of the molecule is CCO[C@H](C(=O)N1CCC[C@H](Cc2noc(C)n2)C1)c1ccccc1. The first-order chi connectivity index (χ1) is 12.2. The lowest BCUT2D eigenvalue weighted by atomic mass is 9.93. The van der Waals surface area contributed by atoms with Crippen LogP contribution in [0.3, 0.4) is 0 Å². The third-order valence-electron chi connectivity index (χ3n) is 4.53. The normalized spacial score (nSPS) is 19.0. The van der Waals surface area contributed by atoms with Crippen LogP contribution >= 0.6 is 0 Å². The molecule has 6 nitrogen and oxygen atoms in total. The highest BCUT2D eigenvalue weighted by molar-refractivity contribution is 5.82. The molecule has 1 aliphatic rings. The second-order valence-electron chi connectivity index (χ2n) is 6.47. The van der Waals surface area contributed by atoms with Crippen molar-refractivity contribution in [2.75, 3.05) is 19.7 Å². The Hall–Kier alpha value is -2.21. The van der Waals surface area contributed by atoms with Crippen LogP contribution < -0.4 is 0 Å². The maximum Gasteiger partial charge on any atom is 0.256 e. The van der Waals surface area contributed by atoms with Crippen LogP contribution in [0, 0.1) is 12.8 Å². The van der Waals surface area contributed by atoms with Gasteiger partial charge in [0.15, 0.2) is 11.9 Å². The van der Waals surface area contributed by atoms with E-state index < -0.39 is 6.10 Å². The van der Waals surface area contributed by atoms with Crippen LogP contribution in [0.25, 0.3) is 0 Å². The fourth-order valence-corrected chi connectivity index (χ4v) is 3.38. The van der Waals surface area contributed by atoms with Crippen LogP contribution in [0.5, 0.6) is 0 Å². The van der Waals surface area contributed by atoms with Crippen molar-refractivity contribution >= 4 is 5.91 Å². The molecule has 1 fully saturated rings. The summed E-state index contributed by atoms with van der Waals surface area (Å²) in [5.74, 6) is 1.70. The summed E-state index contributed by atoms with van der Waals surface area (Å²) in [7, 11) is 0. The fourth-order valence-electron chi connectivity index (χ4n) is 3.38. The van der Waals surface area contributed by atoms with E-state index in [4.69, 9.17) is 9.26 Å². The summed E-state index contributed by atoms with van der Waals surface area (Å²) in [5, 5.41) is 3.98. The third-order valence-corrected chi connectivity index (χ3v) is 4.53. The Balaban J connectivity index is 1.67. The van der Waals surface area contributed by atoms with Crippen LogP contribution in [0.1, 0.15) is 43.1 Å². The Bertz CT molecular complexity index is 686. The predicted octanol–water partition coefficient (Wildman–Crippen LogP) is 2.94. The van der Waals surface area contributed by atoms with Crippen molar-refractivity contribution in [3.63, 3.8) is 0 Å². The van der Waals surface area contributed by atoms with Gasteiger partial charge in [0.1, 0.15) is 0 Å². The summed E-state index contributed by atoms with van der Waals surface area (Å²) in [6.45, 7) is 5.70. The first-order valence-corrected chi connectivity index (χ1v) is 8.92. The summed E-state index contributed by atoms with van der Waals surface area (Å²) in [4.78, 5) is 19.2. The van der Waals surface area contributed by atoms with E-state index in [-0.39, 0.29) is 5.91 Å². The maximum atomic E-state index is 13.0. The van der Waals surface area contributed by atoms with Gasteiger partial charge in [0.05, 0.1) is 0 Å². The van der Waals surface area contributed by atoms with Crippen LogP contribution in [-0.2, 0) is 16.0 Å². The Morgan fingerprint density at radius 1 is 1.40 bits per heavy atom. The largest absolute Gasteiger partial charge is 0.364 e. The monoisotopic (exact) mass is 343 g/mol. The zero-order chi connectivity index (χ0) is 17.6. The minimum absolute atomic E-state index is 0.0436. The summed E-state index contributed by atoms with van der Waals surface area (Å²) < 4.78 is 10.8.